The molecule has 0 aliphatic carbocycles. The van der Waals surface area contributed by atoms with Crippen molar-refractivity contribution in [3.63, 3.8) is 0 Å². The number of hydrogen-bond acceptors (Lipinski definition) is 6. The molecule has 3 aromatic rings. The van der Waals surface area contributed by atoms with Crippen molar-refractivity contribution in [2.24, 2.45) is 0 Å². The lowest BCUT2D eigenvalue weighted by Gasteiger charge is -2.05. The van der Waals surface area contributed by atoms with E-state index < -0.39 is 10.9 Å². The Labute approximate surface area is 154 Å². The summed E-state index contributed by atoms with van der Waals surface area (Å²) < 4.78 is 6.37. The Hall–Kier alpha value is -3.81. The van der Waals surface area contributed by atoms with Gasteiger partial charge in [0.05, 0.1) is 30.3 Å². The van der Waals surface area contributed by atoms with Crippen LogP contribution in [-0.4, -0.2) is 33.0 Å². The molecule has 8 heteroatoms. The van der Waals surface area contributed by atoms with E-state index in [-0.39, 0.29) is 12.2 Å². The van der Waals surface area contributed by atoms with Crippen LogP contribution in [0.15, 0.2) is 66.4 Å². The van der Waals surface area contributed by atoms with Gasteiger partial charge in [-0.05, 0) is 23.8 Å². The first-order valence-corrected chi connectivity index (χ1v) is 8.05. The fourth-order valence-corrected chi connectivity index (χ4v) is 2.49. The summed E-state index contributed by atoms with van der Waals surface area (Å²) >= 11 is 0. The summed E-state index contributed by atoms with van der Waals surface area (Å²) in [6.07, 6.45) is 3.40. The summed E-state index contributed by atoms with van der Waals surface area (Å²) in [6.45, 7) is 0.182. The molecule has 27 heavy (non-hydrogen) atoms. The maximum Gasteiger partial charge on any atom is 0.335 e. The molecule has 1 aromatic heterocycles. The van der Waals surface area contributed by atoms with E-state index in [1.807, 2.05) is 30.3 Å². The molecule has 0 saturated carbocycles. The molecule has 0 spiro atoms. The van der Waals surface area contributed by atoms with Crippen molar-refractivity contribution in [1.29, 1.82) is 0 Å². The Kier molecular flexibility index (Phi) is 5.36. The summed E-state index contributed by atoms with van der Waals surface area (Å²) in [5, 5.41) is 18.8. The third-order valence-electron chi connectivity index (χ3n) is 3.83. The molecule has 136 valence electrons. The summed E-state index contributed by atoms with van der Waals surface area (Å²) in [7, 11) is 1.32. The van der Waals surface area contributed by atoms with Crippen LogP contribution in [0.1, 0.15) is 5.56 Å². The first kappa shape index (κ1) is 18.0. The van der Waals surface area contributed by atoms with Gasteiger partial charge in [-0.25, -0.2) is 9.48 Å². The highest BCUT2D eigenvalue weighted by Gasteiger charge is 2.13. The monoisotopic (exact) mass is 364 g/mol. The average molecular weight is 364 g/mol. The van der Waals surface area contributed by atoms with Gasteiger partial charge in [0.2, 0.25) is 0 Å². The fraction of sp³-hybridized carbons (Fsp3) is 0.105. The van der Waals surface area contributed by atoms with Crippen molar-refractivity contribution in [3.05, 3.63) is 82.0 Å². The molecule has 0 fully saturated rings. The van der Waals surface area contributed by atoms with Gasteiger partial charge < -0.3 is 4.74 Å². The van der Waals surface area contributed by atoms with Crippen molar-refractivity contribution < 1.29 is 14.5 Å². The summed E-state index contributed by atoms with van der Waals surface area (Å²) in [5.74, 6) is -0.453. The topological polar surface area (TPSA) is 100 Å². The lowest BCUT2D eigenvalue weighted by molar-refractivity contribution is -0.384. The van der Waals surface area contributed by atoms with Gasteiger partial charge in [0.15, 0.2) is 0 Å². The number of non-ortho nitro benzene ring substituents is 1. The predicted octanol–water partition coefficient (Wildman–Crippen LogP) is 3.11. The van der Waals surface area contributed by atoms with Gasteiger partial charge in [-0.15, -0.1) is 5.10 Å². The average Bonchev–Trinajstić information content (AvgIpc) is 3.16. The first-order valence-electron chi connectivity index (χ1n) is 8.05. The zero-order chi connectivity index (χ0) is 19.2. The molecule has 0 radical (unpaired) electrons. The largest absolute Gasteiger partial charge is 0.466 e. The molecule has 0 unspecified atom stereocenters. The molecule has 0 saturated heterocycles. The number of aromatic nitrogens is 3. The Morgan fingerprint density at radius 2 is 1.89 bits per heavy atom. The second-order valence-corrected chi connectivity index (χ2v) is 5.68. The second kappa shape index (κ2) is 8.05. The van der Waals surface area contributed by atoms with Gasteiger partial charge in [-0.3, -0.25) is 10.1 Å². The first-order chi connectivity index (χ1) is 13.1. The maximum atomic E-state index is 12.1. The molecular formula is C19H16N4O4. The highest BCUT2D eigenvalue weighted by Crippen LogP contribution is 2.20. The fourth-order valence-electron chi connectivity index (χ4n) is 2.49. The minimum atomic E-state index is -0.461. The van der Waals surface area contributed by atoms with Crippen molar-refractivity contribution in [1.82, 2.24) is 15.0 Å². The molecular weight excluding hydrogens is 348 g/mol. The summed E-state index contributed by atoms with van der Waals surface area (Å²) in [5.41, 5.74) is 2.54. The van der Waals surface area contributed by atoms with Crippen LogP contribution in [-0.2, 0) is 16.1 Å². The molecule has 0 N–H and O–H groups in total. The third kappa shape index (κ3) is 4.43. The SMILES string of the molecule is COC(=O)/C(=C/c1ccccc1)Cn1cc(-c2ccc([N+](=O)[O-])cc2)nn1. The summed E-state index contributed by atoms with van der Waals surface area (Å²) in [6, 6.07) is 15.4. The Morgan fingerprint density at radius 1 is 1.19 bits per heavy atom. The number of esters is 1. The minimum absolute atomic E-state index is 0.00455. The number of benzene rings is 2. The number of ether oxygens (including phenoxy) is 1. The van der Waals surface area contributed by atoms with Crippen LogP contribution >= 0.6 is 0 Å². The van der Waals surface area contributed by atoms with E-state index in [9.17, 15) is 14.9 Å². The van der Waals surface area contributed by atoms with Gasteiger partial charge in [0, 0.05) is 17.7 Å². The van der Waals surface area contributed by atoms with Gasteiger partial charge in [-0.2, -0.15) is 0 Å². The zero-order valence-corrected chi connectivity index (χ0v) is 14.5. The van der Waals surface area contributed by atoms with E-state index in [4.69, 9.17) is 4.74 Å². The smallest absolute Gasteiger partial charge is 0.335 e. The van der Waals surface area contributed by atoms with Gasteiger partial charge in [-0.1, -0.05) is 35.5 Å². The number of methoxy groups -OCH3 is 1. The summed E-state index contributed by atoms with van der Waals surface area (Å²) in [4.78, 5) is 22.4. The van der Waals surface area contributed by atoms with Crippen LogP contribution in [0, 0.1) is 10.1 Å². The van der Waals surface area contributed by atoms with Crippen molar-refractivity contribution in [2.75, 3.05) is 7.11 Å². The molecule has 0 aliphatic rings. The predicted molar refractivity (Wildman–Crippen MR) is 98.5 cm³/mol. The molecule has 1 heterocycles. The minimum Gasteiger partial charge on any atom is -0.466 e. The van der Waals surface area contributed by atoms with E-state index in [1.54, 1.807) is 24.4 Å². The van der Waals surface area contributed by atoms with Gasteiger partial charge >= 0.3 is 5.97 Å². The molecule has 2 aromatic carbocycles. The standard InChI is InChI=1S/C19H16N4O4/c1-27-19(24)16(11-14-5-3-2-4-6-14)12-22-13-18(20-21-22)15-7-9-17(10-8-15)23(25)26/h2-11,13H,12H2,1H3/b16-11+. The number of hydrogen-bond donors (Lipinski definition) is 0. The van der Waals surface area contributed by atoms with Crippen LogP contribution in [0.3, 0.4) is 0 Å². The third-order valence-corrected chi connectivity index (χ3v) is 3.83. The number of carbonyl (C=O) groups is 1. The quantitative estimate of drug-likeness (QED) is 0.288. The highest BCUT2D eigenvalue weighted by molar-refractivity contribution is 5.93. The van der Waals surface area contributed by atoms with E-state index in [2.05, 4.69) is 10.3 Å². The molecule has 0 amide bonds. The number of nitro benzene ring substituents is 1. The number of carbonyl (C=O) groups excluding carboxylic acids is 1. The lowest BCUT2D eigenvalue weighted by Crippen LogP contribution is -2.12. The van der Waals surface area contributed by atoms with Crippen molar-refractivity contribution in [3.8, 4) is 11.3 Å². The van der Waals surface area contributed by atoms with Gasteiger partial charge in [0.25, 0.3) is 5.69 Å². The Bertz CT molecular complexity index is 978. The van der Waals surface area contributed by atoms with Crippen LogP contribution < -0.4 is 0 Å². The van der Waals surface area contributed by atoms with Crippen molar-refractivity contribution >= 4 is 17.7 Å². The van der Waals surface area contributed by atoms with E-state index in [0.29, 0.717) is 16.8 Å². The van der Waals surface area contributed by atoms with Crippen LogP contribution in [0.25, 0.3) is 17.3 Å². The van der Waals surface area contributed by atoms with Crippen molar-refractivity contribution in [2.45, 2.75) is 6.54 Å². The van der Waals surface area contributed by atoms with Crippen LogP contribution in [0.5, 0.6) is 0 Å². The van der Waals surface area contributed by atoms with E-state index >= 15 is 0 Å². The van der Waals surface area contributed by atoms with Gasteiger partial charge in [0.1, 0.15) is 5.69 Å². The van der Waals surface area contributed by atoms with Crippen LogP contribution in [0.2, 0.25) is 0 Å². The number of nitrogens with zero attached hydrogens (tertiary/aromatic N) is 4. The molecule has 0 aliphatic heterocycles. The van der Waals surface area contributed by atoms with E-state index in [0.717, 1.165) is 5.56 Å². The van der Waals surface area contributed by atoms with E-state index in [1.165, 1.54) is 23.9 Å². The second-order valence-electron chi connectivity index (χ2n) is 5.68. The molecule has 8 nitrogen and oxygen atoms in total. The molecule has 0 bridgehead atoms. The molecule has 0 atom stereocenters. The maximum absolute atomic E-state index is 12.1. The highest BCUT2D eigenvalue weighted by atomic mass is 16.6. The lowest BCUT2D eigenvalue weighted by atomic mass is 10.1. The molecule has 3 rings (SSSR count). The number of rotatable bonds is 6. The normalized spacial score (nSPS) is 11.2. The Morgan fingerprint density at radius 3 is 2.52 bits per heavy atom. The Balaban J connectivity index is 1.83. The zero-order valence-electron chi connectivity index (χ0n) is 14.5. The number of nitro groups is 1. The van der Waals surface area contributed by atoms with Crippen LogP contribution in [0.4, 0.5) is 5.69 Å².